The molecule has 0 saturated heterocycles. The molecule has 0 aliphatic heterocycles. The molecule has 1 aromatic carbocycles. The first-order chi connectivity index (χ1) is 11.1. The van der Waals surface area contributed by atoms with Crippen LogP contribution in [-0.4, -0.2) is 25.0 Å². The number of ether oxygens (including phenoxy) is 1. The highest BCUT2D eigenvalue weighted by molar-refractivity contribution is 7.63. The van der Waals surface area contributed by atoms with Gasteiger partial charge in [-0.15, -0.1) is 0 Å². The van der Waals surface area contributed by atoms with E-state index in [-0.39, 0.29) is 17.8 Å². The normalized spacial score (nSPS) is 19.6. The van der Waals surface area contributed by atoms with Crippen molar-refractivity contribution in [2.75, 3.05) is 13.3 Å². The van der Waals surface area contributed by atoms with Gasteiger partial charge in [-0.05, 0) is 18.9 Å². The molecule has 3 nitrogen and oxygen atoms in total. The maximum absolute atomic E-state index is 13.6. The van der Waals surface area contributed by atoms with Crippen molar-refractivity contribution in [3.05, 3.63) is 60.2 Å². The molecule has 1 unspecified atom stereocenters. The first-order valence-corrected chi connectivity index (χ1v) is 10.4. The van der Waals surface area contributed by atoms with Crippen LogP contribution in [0, 0.1) is 0 Å². The van der Waals surface area contributed by atoms with Crippen molar-refractivity contribution < 1.29 is 9.30 Å². The Morgan fingerprint density at radius 3 is 2.43 bits per heavy atom. The van der Waals surface area contributed by atoms with Crippen LogP contribution >= 0.6 is 7.29 Å². The average Bonchev–Trinajstić information content (AvgIpc) is 3.10. The maximum Gasteiger partial charge on any atom is 0.158 e. The van der Waals surface area contributed by atoms with E-state index in [9.17, 15) is 4.57 Å². The summed E-state index contributed by atoms with van der Waals surface area (Å²) in [5.74, 6) is 0. The van der Waals surface area contributed by atoms with Crippen LogP contribution in [0.3, 0.4) is 0 Å². The molecule has 0 radical (unpaired) electrons. The first-order valence-electron chi connectivity index (χ1n) is 8.40. The molecular weight excluding hydrogens is 305 g/mol. The van der Waals surface area contributed by atoms with E-state index in [4.69, 9.17) is 4.74 Å². The van der Waals surface area contributed by atoms with Crippen molar-refractivity contribution in [2.24, 2.45) is 0 Å². The van der Waals surface area contributed by atoms with Gasteiger partial charge in [0, 0.05) is 19.3 Å². The highest BCUT2D eigenvalue weighted by Crippen LogP contribution is 2.51. The minimum atomic E-state index is -2.53. The fraction of sp³-hybridized carbons (Fsp3) is 0.474. The molecule has 1 aromatic rings. The number of hydrogen-bond donors (Lipinski definition) is 1. The third kappa shape index (κ3) is 4.67. The van der Waals surface area contributed by atoms with Crippen LogP contribution in [0.25, 0.3) is 0 Å². The van der Waals surface area contributed by atoms with Crippen LogP contribution < -0.4 is 5.09 Å². The number of unbranched alkanes of at least 4 members (excludes halogenated alkanes) is 1. The highest BCUT2D eigenvalue weighted by atomic mass is 31.2. The molecule has 3 atom stereocenters. The summed E-state index contributed by atoms with van der Waals surface area (Å²) in [6.45, 7) is 4.19. The summed E-state index contributed by atoms with van der Waals surface area (Å²) in [6.07, 6.45) is 10.7. The van der Waals surface area contributed by atoms with Crippen molar-refractivity contribution in [3.8, 4) is 0 Å². The van der Waals surface area contributed by atoms with E-state index >= 15 is 0 Å². The van der Waals surface area contributed by atoms with Crippen molar-refractivity contribution in [1.82, 2.24) is 5.09 Å². The summed E-state index contributed by atoms with van der Waals surface area (Å²) >= 11 is 0. The van der Waals surface area contributed by atoms with Crippen LogP contribution in [0.4, 0.5) is 0 Å². The molecule has 4 heteroatoms. The van der Waals surface area contributed by atoms with Gasteiger partial charge >= 0.3 is 0 Å². The van der Waals surface area contributed by atoms with Gasteiger partial charge in [0.1, 0.15) is 0 Å². The first kappa shape index (κ1) is 18.2. The van der Waals surface area contributed by atoms with Gasteiger partial charge < -0.3 is 9.30 Å². The van der Waals surface area contributed by atoms with Crippen LogP contribution in [-0.2, 0) is 9.30 Å². The van der Waals surface area contributed by atoms with Crippen LogP contribution in [0.15, 0.2) is 54.6 Å². The van der Waals surface area contributed by atoms with Crippen molar-refractivity contribution in [3.63, 3.8) is 0 Å². The smallest absolute Gasteiger partial charge is 0.158 e. The molecule has 0 fully saturated rings. The number of allylic oxidation sites excluding steroid dienone is 4. The van der Waals surface area contributed by atoms with E-state index in [0.29, 0.717) is 0 Å². The van der Waals surface area contributed by atoms with Crippen molar-refractivity contribution in [1.29, 1.82) is 0 Å². The second kappa shape index (κ2) is 8.63. The molecule has 1 aliphatic carbocycles. The molecule has 0 heterocycles. The SMILES string of the molecule is CCCCP(=O)(N[C@@H](C)[C@H](OC)c1ccccc1)C1C=CC=C1. The zero-order valence-corrected chi connectivity index (χ0v) is 15.2. The van der Waals surface area contributed by atoms with E-state index in [1.807, 2.05) is 42.5 Å². The second-order valence-corrected chi connectivity index (χ2v) is 9.01. The summed E-state index contributed by atoms with van der Waals surface area (Å²) in [6, 6.07) is 10.1. The van der Waals surface area contributed by atoms with Crippen molar-refractivity contribution in [2.45, 2.75) is 44.5 Å². The molecular formula is C19H28NO2P. The van der Waals surface area contributed by atoms with E-state index in [1.165, 1.54) is 0 Å². The van der Waals surface area contributed by atoms with Gasteiger partial charge in [0.2, 0.25) is 0 Å². The molecule has 0 amide bonds. The second-order valence-electron chi connectivity index (χ2n) is 6.12. The van der Waals surface area contributed by atoms with Crippen LogP contribution in [0.1, 0.15) is 38.4 Å². The molecule has 23 heavy (non-hydrogen) atoms. The Kier molecular flexibility index (Phi) is 6.83. The van der Waals surface area contributed by atoms with Gasteiger partial charge in [0.05, 0.1) is 11.8 Å². The Labute approximate surface area is 140 Å². The standard InChI is InChI=1S/C19H28NO2P/c1-4-5-15-23(21,18-13-9-10-14-18)20-16(2)19(22-3)17-11-7-6-8-12-17/h6-14,16,18-19H,4-5,15H2,1-3H3,(H,20,21)/t16-,19-,23?/m0/s1. The summed E-state index contributed by atoms with van der Waals surface area (Å²) < 4.78 is 19.3. The van der Waals surface area contributed by atoms with Crippen LogP contribution in [0.5, 0.6) is 0 Å². The van der Waals surface area contributed by atoms with E-state index in [2.05, 4.69) is 31.1 Å². The molecule has 0 bridgehead atoms. The molecule has 2 rings (SSSR count). The Bertz CT molecular complexity index is 570. The van der Waals surface area contributed by atoms with Gasteiger partial charge in [-0.1, -0.05) is 68.0 Å². The lowest BCUT2D eigenvalue weighted by Gasteiger charge is -2.31. The van der Waals surface area contributed by atoms with Crippen molar-refractivity contribution >= 4 is 7.29 Å². The number of rotatable bonds is 9. The summed E-state index contributed by atoms with van der Waals surface area (Å²) in [7, 11) is -0.820. The van der Waals surface area contributed by atoms with Gasteiger partial charge in [-0.3, -0.25) is 5.09 Å². The Morgan fingerprint density at radius 1 is 1.22 bits per heavy atom. The Balaban J connectivity index is 2.15. The predicted octanol–water partition coefficient (Wildman–Crippen LogP) is 4.93. The molecule has 0 saturated carbocycles. The minimum absolute atomic E-state index is 0.00443. The zero-order chi connectivity index (χ0) is 16.7. The van der Waals surface area contributed by atoms with Gasteiger partial charge in [-0.2, -0.15) is 0 Å². The third-order valence-electron chi connectivity index (χ3n) is 4.31. The fourth-order valence-corrected chi connectivity index (χ4v) is 6.04. The molecule has 0 spiro atoms. The lowest BCUT2D eigenvalue weighted by molar-refractivity contribution is 0.0803. The third-order valence-corrected chi connectivity index (χ3v) is 7.44. The predicted molar refractivity (Wildman–Crippen MR) is 98.2 cm³/mol. The largest absolute Gasteiger partial charge is 0.375 e. The van der Waals surface area contributed by atoms with Crippen LogP contribution in [0.2, 0.25) is 0 Å². The lowest BCUT2D eigenvalue weighted by Crippen LogP contribution is -2.34. The quantitative estimate of drug-likeness (QED) is 0.652. The lowest BCUT2D eigenvalue weighted by atomic mass is 10.0. The molecule has 1 N–H and O–H groups in total. The highest BCUT2D eigenvalue weighted by Gasteiger charge is 2.33. The minimum Gasteiger partial charge on any atom is -0.375 e. The number of methoxy groups -OCH3 is 1. The maximum atomic E-state index is 13.6. The summed E-state index contributed by atoms with van der Waals surface area (Å²) in [4.78, 5) is 0. The topological polar surface area (TPSA) is 38.3 Å². The Hall–Kier alpha value is -1.15. The zero-order valence-electron chi connectivity index (χ0n) is 14.3. The average molecular weight is 333 g/mol. The molecule has 0 aromatic heterocycles. The monoisotopic (exact) mass is 333 g/mol. The number of hydrogen-bond acceptors (Lipinski definition) is 2. The fourth-order valence-electron chi connectivity index (χ4n) is 3.07. The van der Waals surface area contributed by atoms with Gasteiger partial charge in [0.25, 0.3) is 0 Å². The van der Waals surface area contributed by atoms with E-state index < -0.39 is 7.29 Å². The summed E-state index contributed by atoms with van der Waals surface area (Å²) in [5.41, 5.74) is 1.11. The van der Waals surface area contributed by atoms with Gasteiger partial charge in [0.15, 0.2) is 7.29 Å². The number of benzene rings is 1. The Morgan fingerprint density at radius 2 is 1.87 bits per heavy atom. The summed E-state index contributed by atoms with van der Waals surface area (Å²) in [5, 5.41) is 3.45. The van der Waals surface area contributed by atoms with E-state index in [0.717, 1.165) is 24.6 Å². The number of nitrogens with one attached hydrogen (secondary N) is 1. The van der Waals surface area contributed by atoms with E-state index in [1.54, 1.807) is 7.11 Å². The van der Waals surface area contributed by atoms with Gasteiger partial charge in [-0.25, -0.2) is 0 Å². The molecule has 1 aliphatic rings. The molecule has 126 valence electrons.